The van der Waals surface area contributed by atoms with E-state index in [2.05, 4.69) is 140 Å². The van der Waals surface area contributed by atoms with Crippen molar-refractivity contribution in [2.45, 2.75) is 8.45 Å². The number of fused-ring (bicyclic) bond motifs is 4. The van der Waals surface area contributed by atoms with Crippen LogP contribution in [0.15, 0.2) is 139 Å². The maximum absolute atomic E-state index is 2.54. The van der Waals surface area contributed by atoms with Gasteiger partial charge in [0.2, 0.25) is 0 Å². The first-order valence-corrected chi connectivity index (χ1v) is 15.7. The van der Waals surface area contributed by atoms with Crippen molar-refractivity contribution in [3.63, 3.8) is 0 Å². The summed E-state index contributed by atoms with van der Waals surface area (Å²) in [5, 5.41) is 4.52. The van der Waals surface area contributed by atoms with Crippen molar-refractivity contribution in [2.75, 3.05) is 0 Å². The van der Waals surface area contributed by atoms with E-state index in [0.717, 1.165) is 0 Å². The van der Waals surface area contributed by atoms with Crippen LogP contribution < -0.4 is 35.4 Å². The molecule has 38 heavy (non-hydrogen) atoms. The van der Waals surface area contributed by atoms with Crippen molar-refractivity contribution < 1.29 is 44.0 Å². The van der Waals surface area contributed by atoms with Crippen molar-refractivity contribution in [3.05, 3.63) is 161 Å². The predicted octanol–water partition coefficient (Wildman–Crippen LogP) is 2.08. The molecule has 1 atom stereocenters. The molecule has 4 heteroatoms. The minimum atomic E-state index is -0.600. The zero-order valence-corrected chi connectivity index (χ0v) is 24.6. The van der Waals surface area contributed by atoms with Gasteiger partial charge in [-0.25, -0.2) is 0 Å². The molecule has 1 unspecified atom stereocenters. The Hall–Kier alpha value is -2.44. The van der Waals surface area contributed by atoms with Crippen molar-refractivity contribution in [1.82, 2.24) is 0 Å². The fourth-order valence-corrected chi connectivity index (χ4v) is 12.1. The molecule has 0 aromatic heterocycles. The van der Waals surface area contributed by atoms with E-state index in [1.165, 1.54) is 44.0 Å². The molecule has 0 aliphatic heterocycles. The van der Waals surface area contributed by atoms with Gasteiger partial charge in [0.25, 0.3) is 0 Å². The van der Waals surface area contributed by atoms with E-state index in [0.29, 0.717) is 8.45 Å². The zero-order chi connectivity index (χ0) is 23.9. The molecular weight excluding hydrogens is 558 g/mol. The van der Waals surface area contributed by atoms with Crippen LogP contribution in [0.4, 0.5) is 0 Å². The Morgan fingerprint density at radius 1 is 0.447 bits per heavy atom. The third kappa shape index (κ3) is 4.75. The molecule has 0 saturated carbocycles. The summed E-state index contributed by atoms with van der Waals surface area (Å²) in [4.78, 5) is 0. The Balaban J connectivity index is 0.00000147. The summed E-state index contributed by atoms with van der Waals surface area (Å²) in [6.07, 6.45) is 2.54. The van der Waals surface area contributed by atoms with Gasteiger partial charge in [0, 0.05) is 0 Å². The van der Waals surface area contributed by atoms with E-state index in [9.17, 15) is 0 Å². The van der Waals surface area contributed by atoms with Gasteiger partial charge in [-0.15, -0.1) is 0 Å². The number of rotatable bonds is 5. The minimum absolute atomic E-state index is 0. The first kappa shape index (κ1) is 27.1. The van der Waals surface area contributed by atoms with E-state index in [1.807, 2.05) is 0 Å². The Bertz CT molecular complexity index is 1500. The van der Waals surface area contributed by atoms with Crippen LogP contribution in [0.3, 0.4) is 0 Å². The molecule has 0 amide bonds. The Morgan fingerprint density at radius 2 is 0.895 bits per heavy atom. The van der Waals surface area contributed by atoms with E-state index in [4.69, 9.17) is 0 Å². The molecule has 7 rings (SSSR count). The molecule has 0 N–H and O–H groups in total. The Kier molecular flexibility index (Phi) is 8.39. The van der Waals surface area contributed by atoms with Crippen molar-refractivity contribution in [3.8, 4) is 11.1 Å². The van der Waals surface area contributed by atoms with Crippen LogP contribution in [0, 0.1) is 0 Å². The first-order valence-electron chi connectivity index (χ1n) is 12.5. The Morgan fingerprint density at radius 3 is 1.45 bits per heavy atom. The molecular formula is C34H25Cl2PTi. The monoisotopic (exact) mass is 582 g/mol. The van der Waals surface area contributed by atoms with Gasteiger partial charge in [-0.3, -0.25) is 0 Å². The standard InChI is InChI=1S/C21H16P.C13H9.2ClH.Ti/c1-3-11-19(12-4-1)22(20-13-5-2-6-14-20)21-15-17-9-7-8-10-18(17)16-21;1-3-7-12-10(5-1)9-11-6-2-4-8-13(11)12;;;/h1-16H;1-9H;2*1H;/q;;;;+2/p-2. The second kappa shape index (κ2) is 11.8. The number of allylic oxidation sites excluding steroid dienone is 1. The van der Waals surface area contributed by atoms with E-state index in [-0.39, 0.29) is 24.8 Å². The molecule has 5 aromatic rings. The quantitative estimate of drug-likeness (QED) is 0.220. The molecule has 5 aromatic carbocycles. The summed E-state index contributed by atoms with van der Waals surface area (Å²) in [6.45, 7) is 0. The average molecular weight is 583 g/mol. The summed E-state index contributed by atoms with van der Waals surface area (Å²) in [5.41, 5.74) is 8.89. The summed E-state index contributed by atoms with van der Waals surface area (Å²) >= 11 is -0.443. The van der Waals surface area contributed by atoms with Crippen LogP contribution in [-0.2, 0) is 19.2 Å². The summed E-state index contributed by atoms with van der Waals surface area (Å²) in [5.74, 6) is 0. The fraction of sp³-hybridized carbons (Fsp3) is 0.0588. The number of halogens is 2. The third-order valence-electron chi connectivity index (χ3n) is 7.36. The van der Waals surface area contributed by atoms with Gasteiger partial charge in [-0.05, 0) is 0 Å². The molecule has 0 bridgehead atoms. The summed E-state index contributed by atoms with van der Waals surface area (Å²) in [6, 6.07) is 49.8. The van der Waals surface area contributed by atoms with Gasteiger partial charge in [0.1, 0.15) is 0 Å². The molecule has 0 spiro atoms. The van der Waals surface area contributed by atoms with Gasteiger partial charge >= 0.3 is 224 Å². The molecule has 0 heterocycles. The molecule has 184 valence electrons. The third-order valence-corrected chi connectivity index (χ3v) is 13.3. The van der Waals surface area contributed by atoms with E-state index in [1.54, 1.807) is 5.31 Å². The van der Waals surface area contributed by atoms with Gasteiger partial charge in [-0.1, -0.05) is 0 Å². The van der Waals surface area contributed by atoms with Crippen LogP contribution in [0.2, 0.25) is 0 Å². The smallest absolute Gasteiger partial charge is 1.00 e. The number of hydrogen-bond acceptors (Lipinski definition) is 0. The normalized spacial score (nSPS) is 14.9. The van der Waals surface area contributed by atoms with Gasteiger partial charge in [0.05, 0.1) is 0 Å². The number of benzene rings is 5. The molecule has 2 aliphatic carbocycles. The first-order chi connectivity index (χ1) is 17.9. The topological polar surface area (TPSA) is 0 Å². The molecule has 2 aliphatic rings. The number of hydrogen-bond donors (Lipinski definition) is 0. The summed E-state index contributed by atoms with van der Waals surface area (Å²) in [7, 11) is -0.600. The molecule has 0 saturated heterocycles. The maximum atomic E-state index is 2.54. The van der Waals surface area contributed by atoms with Crippen LogP contribution in [0.25, 0.3) is 17.2 Å². The van der Waals surface area contributed by atoms with Crippen LogP contribution in [0.5, 0.6) is 0 Å². The SMILES string of the molecule is C1=C(P(c2ccccc2)c2ccccc2)[CH]([Ti+2][CH]2c3ccccc3-c3ccccc32)c2ccccc21.[Cl-].[Cl-]. The van der Waals surface area contributed by atoms with Crippen molar-refractivity contribution in [1.29, 1.82) is 0 Å². The van der Waals surface area contributed by atoms with Crippen LogP contribution >= 0.6 is 7.92 Å². The van der Waals surface area contributed by atoms with Crippen molar-refractivity contribution >= 4 is 24.6 Å². The summed E-state index contributed by atoms with van der Waals surface area (Å²) < 4.78 is 1.04. The zero-order valence-electron chi connectivity index (χ0n) is 20.6. The van der Waals surface area contributed by atoms with E-state index >= 15 is 0 Å². The molecule has 0 fully saturated rings. The second-order valence-electron chi connectivity index (χ2n) is 9.41. The molecule has 0 radical (unpaired) electrons. The van der Waals surface area contributed by atoms with Gasteiger partial charge < -0.3 is 24.8 Å². The fourth-order valence-electron chi connectivity index (χ4n) is 5.78. The van der Waals surface area contributed by atoms with Gasteiger partial charge in [-0.2, -0.15) is 0 Å². The van der Waals surface area contributed by atoms with E-state index < -0.39 is 27.1 Å². The van der Waals surface area contributed by atoms with Gasteiger partial charge in [0.15, 0.2) is 0 Å². The Labute approximate surface area is 247 Å². The predicted molar refractivity (Wildman–Crippen MR) is 150 cm³/mol. The second-order valence-corrected chi connectivity index (χ2v) is 14.0. The molecule has 0 nitrogen and oxygen atoms in total. The maximum Gasteiger partial charge on any atom is -1.00 e. The van der Waals surface area contributed by atoms with Crippen LogP contribution in [-0.4, -0.2) is 0 Å². The minimum Gasteiger partial charge on any atom is -1.00 e. The van der Waals surface area contributed by atoms with Crippen molar-refractivity contribution in [2.24, 2.45) is 0 Å². The average Bonchev–Trinajstić information content (AvgIpc) is 3.46. The van der Waals surface area contributed by atoms with Crippen LogP contribution in [0.1, 0.15) is 30.7 Å². The largest absolute Gasteiger partial charge is 1.00 e.